The molecule has 1 amide bonds. The van der Waals surface area contributed by atoms with Crippen molar-refractivity contribution in [3.05, 3.63) is 28.8 Å². The van der Waals surface area contributed by atoms with Crippen LogP contribution in [0.2, 0.25) is 5.02 Å². The first kappa shape index (κ1) is 16.6. The third kappa shape index (κ3) is 4.63. The molecular formula is C16H20ClNO4. The molecule has 6 heteroatoms. The Bertz CT molecular complexity index is 557. The second-order valence-corrected chi connectivity index (χ2v) is 5.88. The zero-order valence-electron chi connectivity index (χ0n) is 12.5. The van der Waals surface area contributed by atoms with Gasteiger partial charge in [0.2, 0.25) is 5.91 Å². The predicted molar refractivity (Wildman–Crippen MR) is 83.2 cm³/mol. The average Bonchev–Trinajstić information content (AvgIpc) is 3.26. The lowest BCUT2D eigenvalue weighted by atomic mass is 10.1. The largest absolute Gasteiger partial charge is 0.492 e. The first-order chi connectivity index (χ1) is 10.5. The molecule has 2 rings (SSSR count). The van der Waals surface area contributed by atoms with Gasteiger partial charge in [-0.25, -0.2) is 4.79 Å². The Kier molecular flexibility index (Phi) is 5.66. The number of carbonyl (C=O) groups excluding carboxylic acids is 1. The molecule has 1 atom stereocenters. The van der Waals surface area contributed by atoms with Gasteiger partial charge in [-0.2, -0.15) is 0 Å². The number of rotatable bonds is 8. The molecule has 5 nitrogen and oxygen atoms in total. The summed E-state index contributed by atoms with van der Waals surface area (Å²) in [5.41, 5.74) is 0.655. The number of benzene rings is 1. The van der Waals surface area contributed by atoms with Crippen molar-refractivity contribution in [3.63, 3.8) is 0 Å². The molecule has 0 spiro atoms. The maximum atomic E-state index is 12.1. The normalized spacial score (nSPS) is 15.2. The van der Waals surface area contributed by atoms with Gasteiger partial charge in [-0.15, -0.1) is 0 Å². The molecule has 0 aliphatic heterocycles. The number of para-hydroxylation sites is 1. The average molecular weight is 326 g/mol. The van der Waals surface area contributed by atoms with Crippen LogP contribution >= 0.6 is 11.6 Å². The lowest BCUT2D eigenvalue weighted by Gasteiger charge is -2.15. The van der Waals surface area contributed by atoms with Gasteiger partial charge in [0, 0.05) is 5.56 Å². The second-order valence-electron chi connectivity index (χ2n) is 5.48. The highest BCUT2D eigenvalue weighted by Gasteiger charge is 2.30. The van der Waals surface area contributed by atoms with Gasteiger partial charge in [0.05, 0.1) is 18.1 Å². The van der Waals surface area contributed by atoms with Crippen LogP contribution in [-0.2, 0) is 16.0 Å². The van der Waals surface area contributed by atoms with Crippen molar-refractivity contribution in [2.24, 2.45) is 5.92 Å². The van der Waals surface area contributed by atoms with E-state index in [0.717, 1.165) is 12.8 Å². The molecule has 2 N–H and O–H groups in total. The van der Waals surface area contributed by atoms with Gasteiger partial charge in [-0.1, -0.05) is 36.6 Å². The summed E-state index contributed by atoms with van der Waals surface area (Å²) in [6.45, 7) is 2.28. The van der Waals surface area contributed by atoms with Gasteiger partial charge in [0.15, 0.2) is 0 Å². The van der Waals surface area contributed by atoms with Crippen LogP contribution in [0.5, 0.6) is 5.75 Å². The van der Waals surface area contributed by atoms with E-state index < -0.39 is 12.0 Å². The van der Waals surface area contributed by atoms with Crippen LogP contribution in [-0.4, -0.2) is 29.6 Å². The van der Waals surface area contributed by atoms with E-state index in [1.54, 1.807) is 18.2 Å². The van der Waals surface area contributed by atoms with Gasteiger partial charge < -0.3 is 15.2 Å². The van der Waals surface area contributed by atoms with Crippen molar-refractivity contribution >= 4 is 23.5 Å². The molecule has 0 saturated heterocycles. The molecule has 120 valence electrons. The van der Waals surface area contributed by atoms with Crippen molar-refractivity contribution in [3.8, 4) is 5.75 Å². The highest BCUT2D eigenvalue weighted by Crippen LogP contribution is 2.33. The number of carbonyl (C=O) groups is 2. The number of hydrogen-bond donors (Lipinski definition) is 2. The van der Waals surface area contributed by atoms with E-state index in [4.69, 9.17) is 16.3 Å². The minimum absolute atomic E-state index is 0.0460. The van der Waals surface area contributed by atoms with E-state index in [9.17, 15) is 14.7 Å². The van der Waals surface area contributed by atoms with E-state index in [2.05, 4.69) is 5.32 Å². The Labute approximate surface area is 134 Å². The number of carboxylic acid groups (broad SMARTS) is 1. The van der Waals surface area contributed by atoms with Crippen molar-refractivity contribution < 1.29 is 19.4 Å². The SMILES string of the molecule is CCOc1c(Cl)cccc1CC(=O)NC(CC1CC1)C(=O)O. The van der Waals surface area contributed by atoms with Crippen molar-refractivity contribution in [1.29, 1.82) is 0 Å². The number of hydrogen-bond acceptors (Lipinski definition) is 3. The van der Waals surface area contributed by atoms with Crippen molar-refractivity contribution in [2.75, 3.05) is 6.61 Å². The lowest BCUT2D eigenvalue weighted by molar-refractivity contribution is -0.142. The van der Waals surface area contributed by atoms with Crippen LogP contribution in [0, 0.1) is 5.92 Å². The summed E-state index contributed by atoms with van der Waals surface area (Å²) in [4.78, 5) is 23.3. The molecule has 1 aromatic carbocycles. The minimum Gasteiger partial charge on any atom is -0.492 e. The molecule has 1 saturated carbocycles. The Morgan fingerprint density at radius 1 is 1.45 bits per heavy atom. The molecule has 0 heterocycles. The number of amides is 1. The standard InChI is InChI=1S/C16H20ClNO4/c1-2-22-15-11(4-3-5-12(15)17)9-14(19)18-13(16(20)21)8-10-6-7-10/h3-5,10,13H,2,6-9H2,1H3,(H,18,19)(H,20,21). The number of halogens is 1. The summed E-state index contributed by atoms with van der Waals surface area (Å²) in [6, 6.07) is 4.37. The fourth-order valence-corrected chi connectivity index (χ4v) is 2.57. The Balaban J connectivity index is 2.01. The highest BCUT2D eigenvalue weighted by molar-refractivity contribution is 6.32. The molecule has 1 aliphatic rings. The number of aliphatic carboxylic acids is 1. The molecule has 0 radical (unpaired) electrons. The van der Waals surface area contributed by atoms with Gasteiger partial charge in [-0.05, 0) is 25.3 Å². The Morgan fingerprint density at radius 3 is 2.77 bits per heavy atom. The van der Waals surface area contributed by atoms with E-state index in [1.807, 2.05) is 6.92 Å². The number of ether oxygens (including phenoxy) is 1. The summed E-state index contributed by atoms with van der Waals surface area (Å²) in [5, 5.41) is 12.2. The summed E-state index contributed by atoms with van der Waals surface area (Å²) in [5.74, 6) is -0.421. The summed E-state index contributed by atoms with van der Waals surface area (Å²) in [7, 11) is 0. The third-order valence-corrected chi connectivity index (χ3v) is 3.89. The molecule has 1 fully saturated rings. The first-order valence-corrected chi connectivity index (χ1v) is 7.81. The van der Waals surface area contributed by atoms with Gasteiger partial charge in [-0.3, -0.25) is 4.79 Å². The quantitative estimate of drug-likeness (QED) is 0.770. The second kappa shape index (κ2) is 7.49. The van der Waals surface area contributed by atoms with Crippen molar-refractivity contribution in [1.82, 2.24) is 5.32 Å². The topological polar surface area (TPSA) is 75.6 Å². The first-order valence-electron chi connectivity index (χ1n) is 7.43. The zero-order chi connectivity index (χ0) is 16.1. The van der Waals surface area contributed by atoms with Crippen LogP contribution in [0.25, 0.3) is 0 Å². The van der Waals surface area contributed by atoms with Crippen LogP contribution in [0.1, 0.15) is 31.7 Å². The minimum atomic E-state index is -0.989. The fraction of sp³-hybridized carbons (Fsp3) is 0.500. The van der Waals surface area contributed by atoms with Crippen LogP contribution in [0.3, 0.4) is 0 Å². The monoisotopic (exact) mass is 325 g/mol. The third-order valence-electron chi connectivity index (χ3n) is 3.59. The number of nitrogens with one attached hydrogen (secondary N) is 1. The Hall–Kier alpha value is -1.75. The predicted octanol–water partition coefficient (Wildman–Crippen LogP) is 2.65. The maximum absolute atomic E-state index is 12.1. The summed E-state index contributed by atoms with van der Waals surface area (Å²) < 4.78 is 5.47. The molecule has 0 bridgehead atoms. The lowest BCUT2D eigenvalue weighted by Crippen LogP contribution is -2.41. The van der Waals surface area contributed by atoms with Crippen LogP contribution in [0.4, 0.5) is 0 Å². The van der Waals surface area contributed by atoms with Gasteiger partial charge in [0.25, 0.3) is 0 Å². The number of carboxylic acids is 1. The maximum Gasteiger partial charge on any atom is 0.326 e. The van der Waals surface area contributed by atoms with Crippen LogP contribution < -0.4 is 10.1 Å². The van der Waals surface area contributed by atoms with Crippen LogP contribution in [0.15, 0.2) is 18.2 Å². The smallest absolute Gasteiger partial charge is 0.326 e. The summed E-state index contributed by atoms with van der Waals surface area (Å²) in [6.07, 6.45) is 2.63. The van der Waals surface area contributed by atoms with Gasteiger partial charge in [0.1, 0.15) is 11.8 Å². The van der Waals surface area contributed by atoms with E-state index in [1.165, 1.54) is 0 Å². The summed E-state index contributed by atoms with van der Waals surface area (Å²) >= 11 is 6.07. The van der Waals surface area contributed by atoms with Crippen molar-refractivity contribution in [2.45, 2.75) is 38.6 Å². The van der Waals surface area contributed by atoms with E-state index in [-0.39, 0.29) is 12.3 Å². The Morgan fingerprint density at radius 2 is 2.18 bits per heavy atom. The molecule has 1 aromatic rings. The molecule has 1 unspecified atom stereocenters. The van der Waals surface area contributed by atoms with E-state index >= 15 is 0 Å². The molecule has 1 aliphatic carbocycles. The highest BCUT2D eigenvalue weighted by atomic mass is 35.5. The van der Waals surface area contributed by atoms with Gasteiger partial charge >= 0.3 is 5.97 Å². The molecule has 22 heavy (non-hydrogen) atoms. The fourth-order valence-electron chi connectivity index (χ4n) is 2.33. The van der Waals surface area contributed by atoms with E-state index in [0.29, 0.717) is 35.3 Å². The zero-order valence-corrected chi connectivity index (χ0v) is 13.2. The molecular weight excluding hydrogens is 306 g/mol. The molecule has 0 aromatic heterocycles.